The van der Waals surface area contributed by atoms with E-state index in [1.165, 1.54) is 12.8 Å². The van der Waals surface area contributed by atoms with Crippen LogP contribution in [-0.4, -0.2) is 19.1 Å². The van der Waals surface area contributed by atoms with E-state index >= 15 is 0 Å². The standard InChI is InChI=1S/C15H20ClN3/c1-2-19(14-7-3-5-11(14)9-17)15-8-4-6-13(16)12(15)10-18/h4,6,8,11,14H,2-3,5,7,9,17H2,1H3. The van der Waals surface area contributed by atoms with Gasteiger partial charge in [-0.05, 0) is 44.4 Å². The fourth-order valence-corrected chi connectivity index (χ4v) is 3.36. The smallest absolute Gasteiger partial charge is 0.103 e. The number of nitrogens with zero attached hydrogens (tertiary/aromatic N) is 2. The Morgan fingerprint density at radius 1 is 1.47 bits per heavy atom. The molecule has 1 saturated carbocycles. The molecule has 0 heterocycles. The lowest BCUT2D eigenvalue weighted by Gasteiger charge is -2.34. The van der Waals surface area contributed by atoms with E-state index in [2.05, 4.69) is 17.9 Å². The first-order valence-corrected chi connectivity index (χ1v) is 7.26. The molecule has 1 aromatic rings. The predicted molar refractivity (Wildman–Crippen MR) is 79.4 cm³/mol. The molecular formula is C15H20ClN3. The Kier molecular flexibility index (Phi) is 4.68. The summed E-state index contributed by atoms with van der Waals surface area (Å²) in [6, 6.07) is 8.33. The van der Waals surface area contributed by atoms with Crippen molar-refractivity contribution >= 4 is 17.3 Å². The molecule has 2 atom stereocenters. The summed E-state index contributed by atoms with van der Waals surface area (Å²) < 4.78 is 0. The number of anilines is 1. The van der Waals surface area contributed by atoms with Gasteiger partial charge < -0.3 is 10.6 Å². The molecule has 19 heavy (non-hydrogen) atoms. The quantitative estimate of drug-likeness (QED) is 0.920. The van der Waals surface area contributed by atoms with Gasteiger partial charge in [-0.3, -0.25) is 0 Å². The van der Waals surface area contributed by atoms with Crippen molar-refractivity contribution in [2.24, 2.45) is 11.7 Å². The van der Waals surface area contributed by atoms with Crippen molar-refractivity contribution in [2.45, 2.75) is 32.2 Å². The molecule has 2 unspecified atom stereocenters. The van der Waals surface area contributed by atoms with Gasteiger partial charge in [0, 0.05) is 12.6 Å². The van der Waals surface area contributed by atoms with Gasteiger partial charge in [-0.1, -0.05) is 24.1 Å². The highest BCUT2D eigenvalue weighted by Gasteiger charge is 2.31. The number of benzene rings is 1. The van der Waals surface area contributed by atoms with Crippen molar-refractivity contribution in [2.75, 3.05) is 18.0 Å². The Morgan fingerprint density at radius 3 is 2.89 bits per heavy atom. The van der Waals surface area contributed by atoms with Crippen LogP contribution in [0.15, 0.2) is 18.2 Å². The molecule has 0 spiro atoms. The second-order valence-corrected chi connectivity index (χ2v) is 5.43. The van der Waals surface area contributed by atoms with Crippen molar-refractivity contribution in [1.82, 2.24) is 0 Å². The Labute approximate surface area is 120 Å². The van der Waals surface area contributed by atoms with Crippen molar-refractivity contribution in [3.63, 3.8) is 0 Å². The fraction of sp³-hybridized carbons (Fsp3) is 0.533. The number of nitriles is 1. The minimum atomic E-state index is 0.431. The Morgan fingerprint density at radius 2 is 2.26 bits per heavy atom. The third kappa shape index (κ3) is 2.70. The van der Waals surface area contributed by atoms with Crippen LogP contribution >= 0.6 is 11.6 Å². The topological polar surface area (TPSA) is 53.0 Å². The summed E-state index contributed by atoms with van der Waals surface area (Å²) in [6.45, 7) is 3.70. The molecule has 0 amide bonds. The summed E-state index contributed by atoms with van der Waals surface area (Å²) in [5.41, 5.74) is 7.40. The fourth-order valence-electron chi connectivity index (χ4n) is 3.15. The molecule has 1 aliphatic carbocycles. The van der Waals surface area contributed by atoms with Crippen LogP contribution in [0.4, 0.5) is 5.69 Å². The number of halogens is 1. The normalized spacial score (nSPS) is 22.2. The van der Waals surface area contributed by atoms with Gasteiger partial charge in [-0.2, -0.15) is 5.26 Å². The minimum absolute atomic E-state index is 0.431. The summed E-state index contributed by atoms with van der Waals surface area (Å²) in [4.78, 5) is 2.30. The second kappa shape index (κ2) is 6.27. The van der Waals surface area contributed by atoms with Crippen LogP contribution < -0.4 is 10.6 Å². The van der Waals surface area contributed by atoms with Crippen LogP contribution in [0.3, 0.4) is 0 Å². The van der Waals surface area contributed by atoms with Gasteiger partial charge in [-0.15, -0.1) is 0 Å². The van der Waals surface area contributed by atoms with Gasteiger partial charge in [0.25, 0.3) is 0 Å². The zero-order chi connectivity index (χ0) is 13.8. The predicted octanol–water partition coefficient (Wildman–Crippen LogP) is 3.17. The summed E-state index contributed by atoms with van der Waals surface area (Å²) >= 11 is 6.13. The Balaban J connectivity index is 2.37. The van der Waals surface area contributed by atoms with E-state index in [1.807, 2.05) is 12.1 Å². The molecule has 0 aromatic heterocycles. The van der Waals surface area contributed by atoms with E-state index in [0.717, 1.165) is 18.7 Å². The van der Waals surface area contributed by atoms with Crippen LogP contribution in [-0.2, 0) is 0 Å². The Bertz CT molecular complexity index is 481. The van der Waals surface area contributed by atoms with Crippen LogP contribution in [0.5, 0.6) is 0 Å². The molecular weight excluding hydrogens is 258 g/mol. The van der Waals surface area contributed by atoms with Crippen LogP contribution in [0.2, 0.25) is 5.02 Å². The van der Waals surface area contributed by atoms with Crippen molar-refractivity contribution in [1.29, 1.82) is 5.26 Å². The van der Waals surface area contributed by atoms with Crippen LogP contribution in [0, 0.1) is 17.2 Å². The SMILES string of the molecule is CCN(c1cccc(Cl)c1C#N)C1CCCC1CN. The number of hydrogen-bond donors (Lipinski definition) is 1. The molecule has 102 valence electrons. The highest BCUT2D eigenvalue weighted by Crippen LogP contribution is 2.35. The molecule has 3 nitrogen and oxygen atoms in total. The molecule has 4 heteroatoms. The van der Waals surface area contributed by atoms with Crippen LogP contribution in [0.1, 0.15) is 31.7 Å². The molecule has 1 aromatic carbocycles. The lowest BCUT2D eigenvalue weighted by Crippen LogP contribution is -2.40. The number of nitrogens with two attached hydrogens (primary N) is 1. The summed E-state index contributed by atoms with van der Waals surface area (Å²) in [6.07, 6.45) is 3.54. The first-order chi connectivity index (χ1) is 9.22. The van der Waals surface area contributed by atoms with Gasteiger partial charge in [-0.25, -0.2) is 0 Å². The highest BCUT2D eigenvalue weighted by atomic mass is 35.5. The van der Waals surface area contributed by atoms with E-state index in [0.29, 0.717) is 29.1 Å². The highest BCUT2D eigenvalue weighted by molar-refractivity contribution is 6.32. The van der Waals surface area contributed by atoms with E-state index in [9.17, 15) is 5.26 Å². The molecule has 2 rings (SSSR count). The molecule has 1 aliphatic rings. The molecule has 0 aliphatic heterocycles. The van der Waals surface area contributed by atoms with Crippen molar-refractivity contribution < 1.29 is 0 Å². The number of hydrogen-bond acceptors (Lipinski definition) is 3. The largest absolute Gasteiger partial charge is 0.367 e. The monoisotopic (exact) mass is 277 g/mol. The summed E-state index contributed by atoms with van der Waals surface area (Å²) in [5.74, 6) is 0.519. The summed E-state index contributed by atoms with van der Waals surface area (Å²) in [5, 5.41) is 9.85. The molecule has 0 saturated heterocycles. The first kappa shape index (κ1) is 14.2. The van der Waals surface area contributed by atoms with Crippen molar-refractivity contribution in [3.8, 4) is 6.07 Å². The van der Waals surface area contributed by atoms with Gasteiger partial charge in [0.15, 0.2) is 0 Å². The lowest BCUT2D eigenvalue weighted by atomic mass is 10.0. The van der Waals surface area contributed by atoms with Crippen molar-refractivity contribution in [3.05, 3.63) is 28.8 Å². The third-order valence-corrected chi connectivity index (χ3v) is 4.39. The maximum Gasteiger partial charge on any atom is 0.103 e. The lowest BCUT2D eigenvalue weighted by molar-refractivity contribution is 0.462. The van der Waals surface area contributed by atoms with Crippen LogP contribution in [0.25, 0.3) is 0 Å². The molecule has 2 N–H and O–H groups in total. The minimum Gasteiger partial charge on any atom is -0.367 e. The second-order valence-electron chi connectivity index (χ2n) is 5.03. The maximum atomic E-state index is 9.32. The maximum absolute atomic E-state index is 9.32. The van der Waals surface area contributed by atoms with Gasteiger partial charge in [0.2, 0.25) is 0 Å². The number of rotatable bonds is 4. The third-order valence-electron chi connectivity index (χ3n) is 4.08. The average molecular weight is 278 g/mol. The molecule has 0 radical (unpaired) electrons. The van der Waals surface area contributed by atoms with Gasteiger partial charge >= 0.3 is 0 Å². The zero-order valence-electron chi connectivity index (χ0n) is 11.3. The first-order valence-electron chi connectivity index (χ1n) is 6.88. The van der Waals surface area contributed by atoms with Gasteiger partial charge in [0.1, 0.15) is 6.07 Å². The van der Waals surface area contributed by atoms with E-state index in [-0.39, 0.29) is 0 Å². The molecule has 0 bridgehead atoms. The summed E-state index contributed by atoms with van der Waals surface area (Å²) in [7, 11) is 0. The average Bonchev–Trinajstić information content (AvgIpc) is 2.88. The van der Waals surface area contributed by atoms with E-state index in [1.54, 1.807) is 6.07 Å². The van der Waals surface area contributed by atoms with Gasteiger partial charge in [0.05, 0.1) is 16.3 Å². The van der Waals surface area contributed by atoms with E-state index < -0.39 is 0 Å². The molecule has 1 fully saturated rings. The Hall–Kier alpha value is -1.24. The van der Waals surface area contributed by atoms with E-state index in [4.69, 9.17) is 17.3 Å². The zero-order valence-corrected chi connectivity index (χ0v) is 12.0.